The van der Waals surface area contributed by atoms with E-state index in [0.717, 1.165) is 11.1 Å². The normalized spacial score (nSPS) is 12.4. The minimum Gasteiger partial charge on any atom is -0.435 e. The fourth-order valence-electron chi connectivity index (χ4n) is 2.05. The molecule has 0 spiro atoms. The lowest BCUT2D eigenvalue weighted by Crippen LogP contribution is -2.23. The summed E-state index contributed by atoms with van der Waals surface area (Å²) in [5.74, 6) is 0.129. The van der Waals surface area contributed by atoms with Crippen LogP contribution < -0.4 is 10.1 Å². The van der Waals surface area contributed by atoms with Gasteiger partial charge in [0, 0.05) is 6.54 Å². The fraction of sp³-hybridized carbons (Fsp3) is 0.250. The Morgan fingerprint density at radius 3 is 2.48 bits per heavy atom. The summed E-state index contributed by atoms with van der Waals surface area (Å²) >= 11 is 0. The summed E-state index contributed by atoms with van der Waals surface area (Å²) in [6, 6.07) is 15.8. The molecule has 1 atom stereocenters. The third kappa shape index (κ3) is 4.81. The zero-order valence-corrected chi connectivity index (χ0v) is 11.4. The Morgan fingerprint density at radius 2 is 1.81 bits per heavy atom. The van der Waals surface area contributed by atoms with Crippen molar-refractivity contribution in [3.05, 3.63) is 65.7 Å². The van der Waals surface area contributed by atoms with Gasteiger partial charge in [0.05, 0.1) is 12.6 Å². The first-order valence-electron chi connectivity index (χ1n) is 6.62. The van der Waals surface area contributed by atoms with Gasteiger partial charge in [-0.25, -0.2) is 0 Å². The second kappa shape index (κ2) is 7.71. The zero-order valence-electron chi connectivity index (χ0n) is 11.4. The molecule has 0 radical (unpaired) electrons. The van der Waals surface area contributed by atoms with Gasteiger partial charge < -0.3 is 15.2 Å². The van der Waals surface area contributed by atoms with Crippen molar-refractivity contribution in [2.75, 3.05) is 6.61 Å². The minimum absolute atomic E-state index is 0.0444. The van der Waals surface area contributed by atoms with Gasteiger partial charge in [-0.3, -0.25) is 0 Å². The van der Waals surface area contributed by atoms with Gasteiger partial charge in [-0.1, -0.05) is 42.5 Å². The number of alkyl halides is 2. The summed E-state index contributed by atoms with van der Waals surface area (Å²) in [5.41, 5.74) is 1.78. The molecule has 3 nitrogen and oxygen atoms in total. The average molecular weight is 293 g/mol. The van der Waals surface area contributed by atoms with Gasteiger partial charge in [-0.15, -0.1) is 0 Å². The first-order valence-corrected chi connectivity index (χ1v) is 6.62. The molecule has 2 aromatic rings. The van der Waals surface area contributed by atoms with Crippen molar-refractivity contribution < 1.29 is 18.6 Å². The van der Waals surface area contributed by atoms with Crippen LogP contribution in [0.4, 0.5) is 8.78 Å². The molecule has 112 valence electrons. The standard InChI is InChI=1S/C16H17F2NO2/c17-16(18)21-14-8-4-5-12(9-14)10-19-15(11-20)13-6-2-1-3-7-13/h1-9,15-16,19-20H,10-11H2. The molecule has 0 saturated heterocycles. The number of ether oxygens (including phenoxy) is 1. The monoisotopic (exact) mass is 293 g/mol. The molecule has 0 heterocycles. The quantitative estimate of drug-likeness (QED) is 0.824. The van der Waals surface area contributed by atoms with Gasteiger partial charge in [0.2, 0.25) is 0 Å². The first-order chi connectivity index (χ1) is 10.2. The highest BCUT2D eigenvalue weighted by atomic mass is 19.3. The van der Waals surface area contributed by atoms with Crippen LogP contribution in [0.2, 0.25) is 0 Å². The molecule has 0 aromatic heterocycles. The van der Waals surface area contributed by atoms with Gasteiger partial charge in [-0.2, -0.15) is 8.78 Å². The van der Waals surface area contributed by atoms with Crippen LogP contribution in [0.15, 0.2) is 54.6 Å². The summed E-state index contributed by atoms with van der Waals surface area (Å²) in [4.78, 5) is 0. The Bertz CT molecular complexity index is 549. The number of hydrogen-bond donors (Lipinski definition) is 2. The molecular weight excluding hydrogens is 276 g/mol. The molecule has 2 aromatic carbocycles. The van der Waals surface area contributed by atoms with E-state index in [1.54, 1.807) is 12.1 Å². The van der Waals surface area contributed by atoms with Crippen molar-refractivity contribution in [2.45, 2.75) is 19.2 Å². The summed E-state index contributed by atoms with van der Waals surface area (Å²) < 4.78 is 28.7. The molecule has 0 aliphatic carbocycles. The second-order valence-electron chi connectivity index (χ2n) is 4.55. The van der Waals surface area contributed by atoms with E-state index in [2.05, 4.69) is 10.1 Å². The molecule has 21 heavy (non-hydrogen) atoms. The van der Waals surface area contributed by atoms with Crippen molar-refractivity contribution in [1.82, 2.24) is 5.32 Å². The summed E-state index contributed by atoms with van der Waals surface area (Å²) in [5, 5.41) is 12.6. The third-order valence-electron chi connectivity index (χ3n) is 3.06. The summed E-state index contributed by atoms with van der Waals surface area (Å²) in [7, 11) is 0. The van der Waals surface area contributed by atoms with E-state index in [1.807, 2.05) is 36.4 Å². The average Bonchev–Trinajstić information content (AvgIpc) is 2.49. The van der Waals surface area contributed by atoms with E-state index in [1.165, 1.54) is 6.07 Å². The molecular formula is C16H17F2NO2. The number of rotatable bonds is 7. The van der Waals surface area contributed by atoms with E-state index in [9.17, 15) is 13.9 Å². The van der Waals surface area contributed by atoms with E-state index in [4.69, 9.17) is 0 Å². The molecule has 0 saturated carbocycles. The minimum atomic E-state index is -2.83. The molecule has 0 bridgehead atoms. The SMILES string of the molecule is OCC(NCc1cccc(OC(F)F)c1)c1ccccc1. The molecule has 2 rings (SSSR count). The van der Waals surface area contributed by atoms with Crippen LogP contribution in [0.3, 0.4) is 0 Å². The number of hydrogen-bond acceptors (Lipinski definition) is 3. The summed E-state index contributed by atoms with van der Waals surface area (Å²) in [6.07, 6.45) is 0. The first kappa shape index (κ1) is 15.4. The van der Waals surface area contributed by atoms with Crippen LogP contribution >= 0.6 is 0 Å². The smallest absolute Gasteiger partial charge is 0.387 e. The van der Waals surface area contributed by atoms with Gasteiger partial charge in [0.15, 0.2) is 0 Å². The Balaban J connectivity index is 1.98. The number of nitrogens with one attached hydrogen (secondary N) is 1. The Hall–Kier alpha value is -1.98. The van der Waals surface area contributed by atoms with Crippen molar-refractivity contribution >= 4 is 0 Å². The third-order valence-corrected chi connectivity index (χ3v) is 3.06. The maximum Gasteiger partial charge on any atom is 0.387 e. The van der Waals surface area contributed by atoms with E-state index >= 15 is 0 Å². The van der Waals surface area contributed by atoms with Crippen LogP contribution in [-0.2, 0) is 6.54 Å². The topological polar surface area (TPSA) is 41.5 Å². The predicted octanol–water partition coefficient (Wildman–Crippen LogP) is 3.11. The lowest BCUT2D eigenvalue weighted by molar-refractivity contribution is -0.0498. The van der Waals surface area contributed by atoms with E-state index in [0.29, 0.717) is 6.54 Å². The lowest BCUT2D eigenvalue weighted by Gasteiger charge is -2.17. The highest BCUT2D eigenvalue weighted by molar-refractivity contribution is 5.28. The van der Waals surface area contributed by atoms with Crippen LogP contribution in [-0.4, -0.2) is 18.3 Å². The van der Waals surface area contributed by atoms with Crippen molar-refractivity contribution in [1.29, 1.82) is 0 Å². The number of aliphatic hydroxyl groups is 1. The molecule has 5 heteroatoms. The molecule has 0 aliphatic heterocycles. The van der Waals surface area contributed by atoms with Gasteiger partial charge in [0.25, 0.3) is 0 Å². The van der Waals surface area contributed by atoms with Crippen molar-refractivity contribution in [2.24, 2.45) is 0 Å². The Labute approximate surface area is 122 Å². The molecule has 0 fully saturated rings. The molecule has 1 unspecified atom stereocenters. The van der Waals surface area contributed by atoms with Gasteiger partial charge in [0.1, 0.15) is 5.75 Å². The molecule has 2 N–H and O–H groups in total. The number of halogens is 2. The van der Waals surface area contributed by atoms with Crippen LogP contribution in [0, 0.1) is 0 Å². The Morgan fingerprint density at radius 1 is 1.05 bits per heavy atom. The summed E-state index contributed by atoms with van der Waals surface area (Å²) in [6.45, 7) is -2.43. The van der Waals surface area contributed by atoms with Crippen LogP contribution in [0.5, 0.6) is 5.75 Å². The molecule has 0 aliphatic rings. The van der Waals surface area contributed by atoms with Gasteiger partial charge in [-0.05, 0) is 23.3 Å². The lowest BCUT2D eigenvalue weighted by atomic mass is 10.1. The van der Waals surface area contributed by atoms with E-state index in [-0.39, 0.29) is 18.4 Å². The highest BCUT2D eigenvalue weighted by Crippen LogP contribution is 2.17. The van der Waals surface area contributed by atoms with Gasteiger partial charge >= 0.3 is 6.61 Å². The second-order valence-corrected chi connectivity index (χ2v) is 4.55. The maximum atomic E-state index is 12.2. The van der Waals surface area contributed by atoms with Crippen LogP contribution in [0.1, 0.15) is 17.2 Å². The largest absolute Gasteiger partial charge is 0.435 e. The Kier molecular flexibility index (Phi) is 5.66. The maximum absolute atomic E-state index is 12.2. The van der Waals surface area contributed by atoms with E-state index < -0.39 is 6.61 Å². The number of benzene rings is 2. The predicted molar refractivity (Wildman–Crippen MR) is 76.2 cm³/mol. The van der Waals surface area contributed by atoms with Crippen molar-refractivity contribution in [3.63, 3.8) is 0 Å². The van der Waals surface area contributed by atoms with Crippen LogP contribution in [0.25, 0.3) is 0 Å². The molecule has 0 amide bonds. The highest BCUT2D eigenvalue weighted by Gasteiger charge is 2.10. The zero-order chi connectivity index (χ0) is 15.1. The van der Waals surface area contributed by atoms with Crippen molar-refractivity contribution in [3.8, 4) is 5.75 Å². The fourth-order valence-corrected chi connectivity index (χ4v) is 2.05. The number of aliphatic hydroxyl groups excluding tert-OH is 1.